The molecule has 0 aliphatic carbocycles. The molecular formula is C13H16FNO2. The number of ether oxygens (including phenoxy) is 1. The number of nitrogens with zero attached hydrogens (tertiary/aromatic N) is 1. The summed E-state index contributed by atoms with van der Waals surface area (Å²) in [5.41, 5.74) is 0.805. The van der Waals surface area contributed by atoms with Crippen molar-refractivity contribution in [3.63, 3.8) is 0 Å². The molecule has 1 saturated heterocycles. The van der Waals surface area contributed by atoms with E-state index >= 15 is 0 Å². The lowest BCUT2D eigenvalue weighted by Gasteiger charge is -2.25. The Morgan fingerprint density at radius 3 is 3.12 bits per heavy atom. The molecule has 1 aromatic rings. The van der Waals surface area contributed by atoms with Crippen LogP contribution in [0.15, 0.2) is 18.2 Å². The molecular weight excluding hydrogens is 221 g/mol. The molecule has 0 amide bonds. The van der Waals surface area contributed by atoms with Crippen LogP contribution in [0.1, 0.15) is 23.7 Å². The Bertz CT molecular complexity index is 408. The van der Waals surface area contributed by atoms with Crippen LogP contribution in [0.25, 0.3) is 0 Å². The van der Waals surface area contributed by atoms with Crippen LogP contribution in [0.5, 0.6) is 0 Å². The topological polar surface area (TPSA) is 29.5 Å². The fourth-order valence-corrected chi connectivity index (χ4v) is 2.13. The Kier molecular flexibility index (Phi) is 3.74. The van der Waals surface area contributed by atoms with Crippen molar-refractivity contribution in [2.75, 3.05) is 24.6 Å². The average Bonchev–Trinajstić information content (AvgIpc) is 2.53. The average molecular weight is 237 g/mol. The quantitative estimate of drug-likeness (QED) is 0.739. The largest absolute Gasteiger partial charge is 0.377 e. The summed E-state index contributed by atoms with van der Waals surface area (Å²) in [4.78, 5) is 13.0. The fourth-order valence-electron chi connectivity index (χ4n) is 2.13. The molecule has 1 unspecified atom stereocenters. The fraction of sp³-hybridized carbons (Fsp3) is 0.462. The summed E-state index contributed by atoms with van der Waals surface area (Å²) in [6.45, 7) is 4.17. The van der Waals surface area contributed by atoms with E-state index in [0.717, 1.165) is 13.0 Å². The summed E-state index contributed by atoms with van der Waals surface area (Å²) in [7, 11) is 0. The number of hydrogen-bond donors (Lipinski definition) is 0. The van der Waals surface area contributed by atoms with Crippen molar-refractivity contribution in [1.82, 2.24) is 0 Å². The molecule has 1 aliphatic heterocycles. The molecule has 3 nitrogen and oxygen atoms in total. The van der Waals surface area contributed by atoms with E-state index in [1.54, 1.807) is 12.1 Å². The number of halogens is 1. The van der Waals surface area contributed by atoms with Crippen molar-refractivity contribution in [3.05, 3.63) is 29.6 Å². The molecule has 1 atom stereocenters. The SMILES string of the molecule is CC1CN(c2cccc(F)c2C=O)CCCO1. The first-order chi connectivity index (χ1) is 8.22. The van der Waals surface area contributed by atoms with Gasteiger partial charge in [0.1, 0.15) is 5.82 Å². The third-order valence-electron chi connectivity index (χ3n) is 2.94. The number of hydrogen-bond acceptors (Lipinski definition) is 3. The Balaban J connectivity index is 2.31. The molecule has 1 aliphatic rings. The van der Waals surface area contributed by atoms with Crippen molar-refractivity contribution in [2.45, 2.75) is 19.4 Å². The van der Waals surface area contributed by atoms with E-state index in [9.17, 15) is 9.18 Å². The third-order valence-corrected chi connectivity index (χ3v) is 2.94. The van der Waals surface area contributed by atoms with Gasteiger partial charge >= 0.3 is 0 Å². The van der Waals surface area contributed by atoms with Crippen molar-refractivity contribution in [1.29, 1.82) is 0 Å². The molecule has 0 bridgehead atoms. The highest BCUT2D eigenvalue weighted by Crippen LogP contribution is 2.23. The van der Waals surface area contributed by atoms with E-state index in [4.69, 9.17) is 4.74 Å². The zero-order chi connectivity index (χ0) is 12.3. The Morgan fingerprint density at radius 2 is 2.35 bits per heavy atom. The molecule has 0 radical (unpaired) electrons. The minimum Gasteiger partial charge on any atom is -0.377 e. The molecule has 0 aromatic heterocycles. The zero-order valence-corrected chi connectivity index (χ0v) is 9.86. The Morgan fingerprint density at radius 1 is 1.53 bits per heavy atom. The van der Waals surface area contributed by atoms with E-state index in [1.165, 1.54) is 6.07 Å². The lowest BCUT2D eigenvalue weighted by atomic mass is 10.1. The summed E-state index contributed by atoms with van der Waals surface area (Å²) in [5.74, 6) is -0.463. The second-order valence-electron chi connectivity index (χ2n) is 4.27. The van der Waals surface area contributed by atoms with Gasteiger partial charge in [0, 0.05) is 19.7 Å². The van der Waals surface area contributed by atoms with E-state index in [0.29, 0.717) is 25.1 Å². The van der Waals surface area contributed by atoms with Gasteiger partial charge in [-0.1, -0.05) is 6.07 Å². The summed E-state index contributed by atoms with van der Waals surface area (Å²) in [6.07, 6.45) is 1.57. The summed E-state index contributed by atoms with van der Waals surface area (Å²) in [5, 5.41) is 0. The summed E-state index contributed by atoms with van der Waals surface area (Å²) < 4.78 is 19.0. The van der Waals surface area contributed by atoms with Crippen molar-refractivity contribution in [2.24, 2.45) is 0 Å². The maximum absolute atomic E-state index is 13.5. The molecule has 1 fully saturated rings. The minimum atomic E-state index is -0.463. The number of benzene rings is 1. The van der Waals surface area contributed by atoms with E-state index in [2.05, 4.69) is 0 Å². The maximum atomic E-state index is 13.5. The number of anilines is 1. The molecule has 1 aromatic carbocycles. The second-order valence-corrected chi connectivity index (χ2v) is 4.27. The predicted octanol–water partition coefficient (Wildman–Crippen LogP) is 2.25. The lowest BCUT2D eigenvalue weighted by molar-refractivity contribution is 0.0820. The van der Waals surface area contributed by atoms with Gasteiger partial charge in [-0.25, -0.2) is 4.39 Å². The Hall–Kier alpha value is -1.42. The van der Waals surface area contributed by atoms with Gasteiger partial charge in [0.05, 0.1) is 17.4 Å². The van der Waals surface area contributed by atoms with Gasteiger partial charge in [-0.05, 0) is 25.5 Å². The van der Waals surface area contributed by atoms with Crippen LogP contribution >= 0.6 is 0 Å². The maximum Gasteiger partial charge on any atom is 0.155 e. The molecule has 2 rings (SSSR count). The molecule has 0 N–H and O–H groups in total. The van der Waals surface area contributed by atoms with E-state index in [-0.39, 0.29) is 11.7 Å². The van der Waals surface area contributed by atoms with Gasteiger partial charge in [0.15, 0.2) is 6.29 Å². The van der Waals surface area contributed by atoms with Crippen LogP contribution in [0.2, 0.25) is 0 Å². The van der Waals surface area contributed by atoms with E-state index < -0.39 is 5.82 Å². The Labute approximate surface area is 100 Å². The minimum absolute atomic E-state index is 0.0975. The molecule has 92 valence electrons. The predicted molar refractivity (Wildman–Crippen MR) is 64.0 cm³/mol. The second kappa shape index (κ2) is 5.27. The monoisotopic (exact) mass is 237 g/mol. The highest BCUT2D eigenvalue weighted by molar-refractivity contribution is 5.85. The molecule has 0 saturated carbocycles. The zero-order valence-electron chi connectivity index (χ0n) is 9.86. The molecule has 4 heteroatoms. The van der Waals surface area contributed by atoms with Crippen LogP contribution in [-0.4, -0.2) is 32.1 Å². The smallest absolute Gasteiger partial charge is 0.155 e. The van der Waals surface area contributed by atoms with Gasteiger partial charge in [0.25, 0.3) is 0 Å². The van der Waals surface area contributed by atoms with E-state index in [1.807, 2.05) is 11.8 Å². The first kappa shape index (κ1) is 12.0. The van der Waals surface area contributed by atoms with Gasteiger partial charge in [-0.2, -0.15) is 0 Å². The number of carbonyl (C=O) groups excluding carboxylic acids is 1. The van der Waals surface area contributed by atoms with Crippen molar-refractivity contribution in [3.8, 4) is 0 Å². The summed E-state index contributed by atoms with van der Waals surface area (Å²) >= 11 is 0. The standard InChI is InChI=1S/C13H16FNO2/c1-10-8-15(6-3-7-17-10)13-5-2-4-12(14)11(13)9-16/h2,4-5,9-10H,3,6-8H2,1H3. The normalized spacial score (nSPS) is 21.1. The van der Waals surface area contributed by atoms with Gasteiger partial charge in [0.2, 0.25) is 0 Å². The van der Waals surface area contributed by atoms with Gasteiger partial charge < -0.3 is 9.64 Å². The number of aldehydes is 1. The number of carbonyl (C=O) groups is 1. The third kappa shape index (κ3) is 2.64. The van der Waals surface area contributed by atoms with Crippen molar-refractivity contribution >= 4 is 12.0 Å². The van der Waals surface area contributed by atoms with Crippen LogP contribution in [-0.2, 0) is 4.74 Å². The van der Waals surface area contributed by atoms with Crippen LogP contribution < -0.4 is 4.90 Å². The van der Waals surface area contributed by atoms with Crippen LogP contribution in [0.4, 0.5) is 10.1 Å². The molecule has 1 heterocycles. The number of rotatable bonds is 2. The summed E-state index contributed by atoms with van der Waals surface area (Å²) in [6, 6.07) is 4.73. The first-order valence-electron chi connectivity index (χ1n) is 5.82. The highest BCUT2D eigenvalue weighted by atomic mass is 19.1. The first-order valence-corrected chi connectivity index (χ1v) is 5.82. The van der Waals surface area contributed by atoms with Crippen LogP contribution in [0, 0.1) is 5.82 Å². The lowest BCUT2D eigenvalue weighted by Crippen LogP contribution is -2.31. The highest BCUT2D eigenvalue weighted by Gasteiger charge is 2.19. The molecule has 0 spiro atoms. The van der Waals surface area contributed by atoms with Crippen molar-refractivity contribution < 1.29 is 13.9 Å². The van der Waals surface area contributed by atoms with Crippen LogP contribution in [0.3, 0.4) is 0 Å². The van der Waals surface area contributed by atoms with Gasteiger partial charge in [-0.3, -0.25) is 4.79 Å². The van der Waals surface area contributed by atoms with Gasteiger partial charge in [-0.15, -0.1) is 0 Å². The molecule has 17 heavy (non-hydrogen) atoms.